The highest BCUT2D eigenvalue weighted by Gasteiger charge is 2.37. The van der Waals surface area contributed by atoms with Gasteiger partial charge in [0.05, 0.1) is 25.7 Å². The van der Waals surface area contributed by atoms with Crippen LogP contribution in [0.2, 0.25) is 0 Å². The second-order valence-corrected chi connectivity index (χ2v) is 5.00. The Balaban J connectivity index is 1.96. The maximum absolute atomic E-state index is 11.7. The SMILES string of the molecule is CNCCOCCOCCCC1C(=O)CC(C)C1=O. The molecule has 5 heteroatoms. The zero-order valence-corrected chi connectivity index (χ0v) is 11.9. The van der Waals surface area contributed by atoms with Crippen molar-refractivity contribution < 1.29 is 19.1 Å². The summed E-state index contributed by atoms with van der Waals surface area (Å²) in [4.78, 5) is 23.3. The number of likely N-dealkylation sites (N-methyl/N-ethyl adjacent to an activating group) is 1. The topological polar surface area (TPSA) is 64.6 Å². The second-order valence-electron chi connectivity index (χ2n) is 5.00. The Labute approximate surface area is 115 Å². The fourth-order valence-electron chi connectivity index (χ4n) is 2.24. The molecule has 110 valence electrons. The van der Waals surface area contributed by atoms with Crippen LogP contribution in [0.5, 0.6) is 0 Å². The summed E-state index contributed by atoms with van der Waals surface area (Å²) in [6.45, 7) is 5.08. The molecular weight excluding hydrogens is 246 g/mol. The van der Waals surface area contributed by atoms with E-state index in [2.05, 4.69) is 5.32 Å². The molecule has 0 aliphatic heterocycles. The molecule has 0 spiro atoms. The Kier molecular flexibility index (Phi) is 7.86. The highest BCUT2D eigenvalue weighted by atomic mass is 16.5. The summed E-state index contributed by atoms with van der Waals surface area (Å²) in [6, 6.07) is 0. The first-order chi connectivity index (χ1) is 9.16. The van der Waals surface area contributed by atoms with Crippen LogP contribution >= 0.6 is 0 Å². The van der Waals surface area contributed by atoms with Gasteiger partial charge in [-0.05, 0) is 19.9 Å². The lowest BCUT2D eigenvalue weighted by molar-refractivity contribution is -0.128. The van der Waals surface area contributed by atoms with Crippen LogP contribution < -0.4 is 5.32 Å². The van der Waals surface area contributed by atoms with Crippen LogP contribution in [-0.2, 0) is 19.1 Å². The van der Waals surface area contributed by atoms with Gasteiger partial charge in [0.15, 0.2) is 0 Å². The molecule has 1 N–H and O–H groups in total. The van der Waals surface area contributed by atoms with E-state index < -0.39 is 0 Å². The molecule has 1 fully saturated rings. The maximum Gasteiger partial charge on any atom is 0.146 e. The number of nitrogens with one attached hydrogen (secondary N) is 1. The van der Waals surface area contributed by atoms with Gasteiger partial charge in [0, 0.05) is 25.5 Å². The zero-order valence-electron chi connectivity index (χ0n) is 11.9. The molecule has 2 unspecified atom stereocenters. The molecule has 0 aromatic heterocycles. The first-order valence-electron chi connectivity index (χ1n) is 7.03. The Bertz CT molecular complexity index is 293. The van der Waals surface area contributed by atoms with E-state index >= 15 is 0 Å². The molecule has 0 heterocycles. The highest BCUT2D eigenvalue weighted by molar-refractivity contribution is 6.09. The van der Waals surface area contributed by atoms with Crippen LogP contribution in [0.15, 0.2) is 0 Å². The van der Waals surface area contributed by atoms with Gasteiger partial charge >= 0.3 is 0 Å². The molecule has 0 aromatic carbocycles. The smallest absolute Gasteiger partial charge is 0.146 e. The molecule has 19 heavy (non-hydrogen) atoms. The van der Waals surface area contributed by atoms with E-state index in [0.717, 1.165) is 13.0 Å². The van der Waals surface area contributed by atoms with Crippen molar-refractivity contribution in [3.05, 3.63) is 0 Å². The van der Waals surface area contributed by atoms with Crippen molar-refractivity contribution in [2.24, 2.45) is 11.8 Å². The molecule has 0 bridgehead atoms. The molecule has 0 amide bonds. The van der Waals surface area contributed by atoms with Gasteiger partial charge in [0.25, 0.3) is 0 Å². The normalized spacial score (nSPS) is 23.3. The Hall–Kier alpha value is -0.780. The minimum atomic E-state index is -0.370. The quantitative estimate of drug-likeness (QED) is 0.470. The van der Waals surface area contributed by atoms with Crippen molar-refractivity contribution in [1.29, 1.82) is 0 Å². The largest absolute Gasteiger partial charge is 0.379 e. The minimum absolute atomic E-state index is 0.0843. The fourth-order valence-corrected chi connectivity index (χ4v) is 2.24. The minimum Gasteiger partial charge on any atom is -0.379 e. The zero-order chi connectivity index (χ0) is 14.1. The number of carbonyl (C=O) groups is 2. The molecule has 0 aromatic rings. The molecule has 1 aliphatic carbocycles. The molecular formula is C14H25NO4. The van der Waals surface area contributed by atoms with Crippen molar-refractivity contribution in [2.45, 2.75) is 26.2 Å². The van der Waals surface area contributed by atoms with E-state index in [1.165, 1.54) is 0 Å². The summed E-state index contributed by atoms with van der Waals surface area (Å²) in [7, 11) is 1.88. The Morgan fingerprint density at radius 2 is 1.84 bits per heavy atom. The molecule has 1 aliphatic rings. The Morgan fingerprint density at radius 1 is 1.16 bits per heavy atom. The van der Waals surface area contributed by atoms with Crippen molar-refractivity contribution in [3.63, 3.8) is 0 Å². The predicted molar refractivity (Wildman–Crippen MR) is 72.1 cm³/mol. The summed E-state index contributed by atoms with van der Waals surface area (Å²) in [5.74, 6) is -0.238. The number of hydrogen-bond donors (Lipinski definition) is 1. The summed E-state index contributed by atoms with van der Waals surface area (Å²) in [5.41, 5.74) is 0. The summed E-state index contributed by atoms with van der Waals surface area (Å²) < 4.78 is 10.7. The number of rotatable bonds is 10. The predicted octanol–water partition coefficient (Wildman–Crippen LogP) is 0.813. The third kappa shape index (κ3) is 5.80. The van der Waals surface area contributed by atoms with Crippen LogP contribution in [0.1, 0.15) is 26.2 Å². The van der Waals surface area contributed by atoms with Crippen molar-refractivity contribution in [3.8, 4) is 0 Å². The Morgan fingerprint density at radius 3 is 2.42 bits per heavy atom. The van der Waals surface area contributed by atoms with E-state index in [1.54, 1.807) is 0 Å². The van der Waals surface area contributed by atoms with Gasteiger partial charge in [-0.2, -0.15) is 0 Å². The molecule has 0 radical (unpaired) electrons. The van der Waals surface area contributed by atoms with Gasteiger partial charge in [0.2, 0.25) is 0 Å². The molecule has 5 nitrogen and oxygen atoms in total. The molecule has 0 saturated heterocycles. The van der Waals surface area contributed by atoms with Crippen LogP contribution in [0.25, 0.3) is 0 Å². The van der Waals surface area contributed by atoms with Gasteiger partial charge in [0.1, 0.15) is 11.6 Å². The van der Waals surface area contributed by atoms with E-state index in [9.17, 15) is 9.59 Å². The van der Waals surface area contributed by atoms with E-state index in [-0.39, 0.29) is 23.4 Å². The number of ketones is 2. The van der Waals surface area contributed by atoms with Crippen LogP contribution in [0.4, 0.5) is 0 Å². The van der Waals surface area contributed by atoms with E-state index in [4.69, 9.17) is 9.47 Å². The average molecular weight is 271 g/mol. The van der Waals surface area contributed by atoms with Crippen LogP contribution in [0, 0.1) is 11.8 Å². The van der Waals surface area contributed by atoms with E-state index in [0.29, 0.717) is 39.3 Å². The first-order valence-corrected chi connectivity index (χ1v) is 7.03. The van der Waals surface area contributed by atoms with Gasteiger partial charge in [-0.3, -0.25) is 9.59 Å². The highest BCUT2D eigenvalue weighted by Crippen LogP contribution is 2.26. The average Bonchev–Trinajstić information content (AvgIpc) is 2.63. The lowest BCUT2D eigenvalue weighted by Gasteiger charge is -2.08. The molecule has 1 saturated carbocycles. The third-order valence-corrected chi connectivity index (χ3v) is 3.38. The van der Waals surface area contributed by atoms with Gasteiger partial charge in [-0.25, -0.2) is 0 Å². The number of ether oxygens (including phenoxy) is 2. The van der Waals surface area contributed by atoms with Crippen molar-refractivity contribution >= 4 is 11.6 Å². The van der Waals surface area contributed by atoms with Crippen LogP contribution in [0.3, 0.4) is 0 Å². The van der Waals surface area contributed by atoms with Gasteiger partial charge in [-0.1, -0.05) is 6.92 Å². The maximum atomic E-state index is 11.7. The lowest BCUT2D eigenvalue weighted by Crippen LogP contribution is -2.18. The number of Topliss-reactive ketones (excluding diaryl/α,β-unsaturated/α-hetero) is 2. The third-order valence-electron chi connectivity index (χ3n) is 3.38. The summed E-state index contributed by atoms with van der Waals surface area (Å²) in [5, 5.41) is 2.99. The summed E-state index contributed by atoms with van der Waals surface area (Å²) >= 11 is 0. The number of carbonyl (C=O) groups excluding carboxylic acids is 2. The monoisotopic (exact) mass is 271 g/mol. The lowest BCUT2D eigenvalue weighted by atomic mass is 9.98. The van der Waals surface area contributed by atoms with Gasteiger partial charge < -0.3 is 14.8 Å². The number of hydrogen-bond acceptors (Lipinski definition) is 5. The first kappa shape index (κ1) is 16.3. The van der Waals surface area contributed by atoms with Crippen LogP contribution in [-0.4, -0.2) is 51.6 Å². The fraction of sp³-hybridized carbons (Fsp3) is 0.857. The van der Waals surface area contributed by atoms with E-state index in [1.807, 2.05) is 14.0 Å². The standard InChI is InChI=1S/C14H25NO4/c1-11-10-13(16)12(14(11)17)4-3-6-18-8-9-19-7-5-15-2/h11-12,15H,3-10H2,1-2H3. The van der Waals surface area contributed by atoms with Crippen molar-refractivity contribution in [1.82, 2.24) is 5.32 Å². The van der Waals surface area contributed by atoms with Crippen molar-refractivity contribution in [2.75, 3.05) is 40.0 Å². The molecule has 1 rings (SSSR count). The van der Waals surface area contributed by atoms with Gasteiger partial charge in [-0.15, -0.1) is 0 Å². The molecule has 2 atom stereocenters. The second kappa shape index (κ2) is 9.18. The summed E-state index contributed by atoms with van der Waals surface area (Å²) in [6.07, 6.45) is 1.80.